The Morgan fingerprint density at radius 3 is 2.19 bits per heavy atom. The average molecular weight is 365 g/mol. The predicted octanol–water partition coefficient (Wildman–Crippen LogP) is 4.61. The molecule has 0 aromatic carbocycles. The number of hydrogen-bond donors (Lipinski definition) is 0. The first-order valence-corrected chi connectivity index (χ1v) is 10.3. The van der Waals surface area contributed by atoms with E-state index in [1.807, 2.05) is 0 Å². The van der Waals surface area contributed by atoms with Crippen molar-refractivity contribution in [2.75, 3.05) is 7.11 Å². The van der Waals surface area contributed by atoms with Gasteiger partial charge in [0.05, 0.1) is 18.9 Å². The first kappa shape index (κ1) is 19.7. The summed E-state index contributed by atoms with van der Waals surface area (Å²) in [6, 6.07) is 0. The third-order valence-electron chi connectivity index (χ3n) is 8.80. The highest BCUT2D eigenvalue weighted by Gasteiger charge is 2.69. The zero-order valence-corrected chi connectivity index (χ0v) is 17.6. The molecular weight excluding hydrogens is 328 g/mol. The van der Waals surface area contributed by atoms with Crippen LogP contribution >= 0.6 is 0 Å². The molecule has 0 amide bonds. The van der Waals surface area contributed by atoms with Crippen LogP contribution in [0.25, 0.3) is 0 Å². The molecule has 26 heavy (non-hydrogen) atoms. The minimum atomic E-state index is -0.488. The third kappa shape index (κ3) is 2.62. The van der Waals surface area contributed by atoms with E-state index < -0.39 is 17.4 Å². The van der Waals surface area contributed by atoms with E-state index in [-0.39, 0.29) is 17.4 Å². The van der Waals surface area contributed by atoms with Crippen LogP contribution < -0.4 is 0 Å². The van der Waals surface area contributed by atoms with Gasteiger partial charge in [0, 0.05) is 5.92 Å². The van der Waals surface area contributed by atoms with Gasteiger partial charge in [-0.2, -0.15) is 0 Å². The molecule has 0 aromatic rings. The molecule has 0 heterocycles. The number of hydrogen-bond acceptors (Lipinski definition) is 4. The Balaban J connectivity index is 1.79. The highest BCUT2D eigenvalue weighted by atomic mass is 16.6. The lowest BCUT2D eigenvalue weighted by Crippen LogP contribution is -2.48. The summed E-state index contributed by atoms with van der Waals surface area (Å²) in [6.07, 6.45) is 5.92. The van der Waals surface area contributed by atoms with E-state index in [2.05, 4.69) is 27.7 Å². The lowest BCUT2D eigenvalue weighted by atomic mass is 9.64. The number of fused-ring (bicyclic) bond motifs is 1. The monoisotopic (exact) mass is 364 g/mol. The maximum Gasteiger partial charge on any atom is 0.310 e. The summed E-state index contributed by atoms with van der Waals surface area (Å²) in [5, 5.41) is 0. The quantitative estimate of drug-likeness (QED) is 0.684. The summed E-state index contributed by atoms with van der Waals surface area (Å²) in [5.74, 6) is 0.312. The van der Waals surface area contributed by atoms with Crippen LogP contribution in [0.1, 0.15) is 73.6 Å². The SMILES string of the molecule is COC(=O)C(C)C(C)C(=O)O[C@]1(C)CC[C@@]23CC1C(C)(C)C2CCC3C. The summed E-state index contributed by atoms with van der Waals surface area (Å²) in [4.78, 5) is 24.6. The van der Waals surface area contributed by atoms with Gasteiger partial charge >= 0.3 is 11.9 Å². The summed E-state index contributed by atoms with van der Waals surface area (Å²) >= 11 is 0. The second-order valence-corrected chi connectivity index (χ2v) is 10.2. The fourth-order valence-electron chi connectivity index (χ4n) is 6.90. The fourth-order valence-corrected chi connectivity index (χ4v) is 6.90. The van der Waals surface area contributed by atoms with Crippen LogP contribution in [0.15, 0.2) is 0 Å². The Hall–Kier alpha value is -1.06. The van der Waals surface area contributed by atoms with Crippen LogP contribution in [-0.2, 0) is 19.1 Å². The van der Waals surface area contributed by atoms with Crippen molar-refractivity contribution >= 4 is 11.9 Å². The van der Waals surface area contributed by atoms with Crippen LogP contribution in [-0.4, -0.2) is 24.6 Å². The molecule has 0 saturated heterocycles. The van der Waals surface area contributed by atoms with E-state index in [1.54, 1.807) is 13.8 Å². The minimum absolute atomic E-state index is 0.188. The van der Waals surface area contributed by atoms with Crippen LogP contribution in [0.3, 0.4) is 0 Å². The summed E-state index contributed by atoms with van der Waals surface area (Å²) in [5.41, 5.74) is 0.207. The van der Waals surface area contributed by atoms with Gasteiger partial charge in [-0.25, -0.2) is 0 Å². The number of carbonyl (C=O) groups is 2. The van der Waals surface area contributed by atoms with E-state index in [0.717, 1.165) is 24.7 Å². The van der Waals surface area contributed by atoms with Crippen molar-refractivity contribution < 1.29 is 19.1 Å². The predicted molar refractivity (Wildman–Crippen MR) is 100 cm³/mol. The largest absolute Gasteiger partial charge is 0.469 e. The number of rotatable bonds is 4. The average Bonchev–Trinajstić information content (AvgIpc) is 3.01. The zero-order chi connectivity index (χ0) is 19.5. The van der Waals surface area contributed by atoms with Crippen LogP contribution in [0.5, 0.6) is 0 Å². The number of esters is 2. The Morgan fingerprint density at radius 2 is 1.58 bits per heavy atom. The van der Waals surface area contributed by atoms with E-state index in [0.29, 0.717) is 11.3 Å². The molecule has 1 spiro atoms. The molecule has 0 aliphatic heterocycles. The van der Waals surface area contributed by atoms with Gasteiger partial charge in [-0.05, 0) is 61.7 Å². The Labute approximate surface area is 158 Å². The molecule has 5 unspecified atom stereocenters. The maximum absolute atomic E-state index is 12.8. The molecule has 3 aliphatic carbocycles. The molecule has 0 aromatic heterocycles. The first-order chi connectivity index (χ1) is 12.0. The third-order valence-corrected chi connectivity index (χ3v) is 8.80. The number of ether oxygens (including phenoxy) is 2. The van der Waals surface area contributed by atoms with Gasteiger partial charge in [-0.15, -0.1) is 0 Å². The Kier molecular flexibility index (Phi) is 4.73. The maximum atomic E-state index is 12.8. The van der Waals surface area contributed by atoms with E-state index >= 15 is 0 Å². The Morgan fingerprint density at radius 1 is 0.962 bits per heavy atom. The lowest BCUT2D eigenvalue weighted by Gasteiger charge is -2.47. The molecule has 7 atom stereocenters. The van der Waals surface area contributed by atoms with Crippen molar-refractivity contribution in [3.05, 3.63) is 0 Å². The van der Waals surface area contributed by atoms with Crippen molar-refractivity contribution in [1.29, 1.82) is 0 Å². The van der Waals surface area contributed by atoms with Gasteiger partial charge in [0.1, 0.15) is 5.60 Å². The summed E-state index contributed by atoms with van der Waals surface area (Å²) in [6.45, 7) is 12.8. The van der Waals surface area contributed by atoms with Crippen LogP contribution in [0.2, 0.25) is 0 Å². The fraction of sp³-hybridized carbons (Fsp3) is 0.909. The minimum Gasteiger partial charge on any atom is -0.469 e. The van der Waals surface area contributed by atoms with E-state index in [9.17, 15) is 9.59 Å². The number of methoxy groups -OCH3 is 1. The first-order valence-electron chi connectivity index (χ1n) is 10.3. The van der Waals surface area contributed by atoms with E-state index in [1.165, 1.54) is 26.4 Å². The van der Waals surface area contributed by atoms with Gasteiger partial charge in [0.15, 0.2) is 0 Å². The highest BCUT2D eigenvalue weighted by molar-refractivity contribution is 5.81. The zero-order valence-electron chi connectivity index (χ0n) is 17.6. The van der Waals surface area contributed by atoms with Gasteiger partial charge in [-0.3, -0.25) is 9.59 Å². The van der Waals surface area contributed by atoms with Gasteiger partial charge < -0.3 is 9.47 Å². The van der Waals surface area contributed by atoms with Gasteiger partial charge in [-0.1, -0.05) is 34.6 Å². The van der Waals surface area contributed by atoms with Crippen molar-refractivity contribution in [3.63, 3.8) is 0 Å². The second kappa shape index (κ2) is 6.24. The van der Waals surface area contributed by atoms with Crippen molar-refractivity contribution in [2.45, 2.75) is 79.2 Å². The van der Waals surface area contributed by atoms with Crippen molar-refractivity contribution in [2.24, 2.45) is 40.4 Å². The highest BCUT2D eigenvalue weighted by Crippen LogP contribution is 2.73. The molecule has 4 nitrogen and oxygen atoms in total. The van der Waals surface area contributed by atoms with Crippen LogP contribution in [0.4, 0.5) is 0 Å². The van der Waals surface area contributed by atoms with Crippen molar-refractivity contribution in [3.8, 4) is 0 Å². The molecular formula is C22H36O4. The van der Waals surface area contributed by atoms with Crippen molar-refractivity contribution in [1.82, 2.24) is 0 Å². The van der Waals surface area contributed by atoms with Gasteiger partial charge in [0.2, 0.25) is 0 Å². The molecule has 2 bridgehead atoms. The molecule has 3 fully saturated rings. The molecule has 148 valence electrons. The topological polar surface area (TPSA) is 52.6 Å². The molecule has 3 aliphatic rings. The second-order valence-electron chi connectivity index (χ2n) is 10.2. The summed E-state index contributed by atoms with van der Waals surface area (Å²) < 4.78 is 11.0. The molecule has 0 N–H and O–H groups in total. The van der Waals surface area contributed by atoms with E-state index in [4.69, 9.17) is 9.47 Å². The molecule has 4 heteroatoms. The van der Waals surface area contributed by atoms with Crippen LogP contribution in [0, 0.1) is 40.4 Å². The lowest BCUT2D eigenvalue weighted by molar-refractivity contribution is -0.182. The molecule has 0 radical (unpaired) electrons. The standard InChI is InChI=1S/C22H36O4/c1-13-8-9-16-20(4,5)17-12-22(13,16)11-10-21(17,6)26-19(24)15(3)14(2)18(23)25-7/h13-17H,8-12H2,1-7H3/t13?,14?,15?,16?,17?,21-,22+/m1/s1. The Bertz CT molecular complexity index is 597. The van der Waals surface area contributed by atoms with Gasteiger partial charge in [0.25, 0.3) is 0 Å². The number of carbonyl (C=O) groups excluding carboxylic acids is 2. The summed E-state index contributed by atoms with van der Waals surface area (Å²) in [7, 11) is 1.36. The molecule has 3 saturated carbocycles. The normalized spacial score (nSPS) is 42.7. The molecule has 3 rings (SSSR count). The smallest absolute Gasteiger partial charge is 0.310 e.